The number of hydrogen-bond donors (Lipinski definition) is 0. The third kappa shape index (κ3) is 7.81. The molecule has 12 heteroatoms. The average molecular weight is 639 g/mol. The molecule has 0 heterocycles. The summed E-state index contributed by atoms with van der Waals surface area (Å²) in [5, 5.41) is 0. The highest BCUT2D eigenvalue weighted by Crippen LogP contribution is 2.36. The monoisotopic (exact) mass is 638 g/mol. The van der Waals surface area contributed by atoms with E-state index in [2.05, 4.69) is 0 Å². The summed E-state index contributed by atoms with van der Waals surface area (Å²) in [5.41, 5.74) is -4.43. The predicted octanol–water partition coefficient (Wildman–Crippen LogP) is 10.3. The first-order valence-electron chi connectivity index (χ1n) is 13.0. The second-order valence-corrected chi connectivity index (χ2v) is 9.62. The summed E-state index contributed by atoms with van der Waals surface area (Å²) in [6.45, 7) is 1.83. The molecule has 0 amide bonds. The molecule has 0 aromatic heterocycles. The van der Waals surface area contributed by atoms with Crippen molar-refractivity contribution in [2.45, 2.75) is 25.9 Å². The number of aryl methyl sites for hydroxylation is 1. The fourth-order valence-electron chi connectivity index (χ4n) is 4.40. The van der Waals surface area contributed by atoms with Crippen molar-refractivity contribution in [3.8, 4) is 28.0 Å². The van der Waals surface area contributed by atoms with Crippen LogP contribution in [0.15, 0.2) is 72.8 Å². The van der Waals surface area contributed by atoms with Gasteiger partial charge in [-0.25, -0.2) is 35.5 Å². The van der Waals surface area contributed by atoms with Gasteiger partial charge in [0.15, 0.2) is 0 Å². The molecule has 45 heavy (non-hydrogen) atoms. The molecule has 4 aromatic rings. The lowest BCUT2D eigenvalue weighted by atomic mass is 9.97. The van der Waals surface area contributed by atoms with E-state index in [1.54, 1.807) is 0 Å². The Morgan fingerprint density at radius 2 is 1.22 bits per heavy atom. The average Bonchev–Trinajstić information content (AvgIpc) is 2.91. The van der Waals surface area contributed by atoms with E-state index < -0.39 is 98.1 Å². The number of hydrogen-bond acceptors (Lipinski definition) is 2. The fourth-order valence-corrected chi connectivity index (χ4v) is 4.40. The van der Waals surface area contributed by atoms with E-state index in [1.807, 2.05) is 19.1 Å². The molecule has 0 bridgehead atoms. The zero-order valence-corrected chi connectivity index (χ0v) is 23.0. The van der Waals surface area contributed by atoms with Gasteiger partial charge in [-0.15, -0.1) is 0 Å². The zero-order valence-electron chi connectivity index (χ0n) is 23.0. The van der Waals surface area contributed by atoms with Gasteiger partial charge in [-0.2, -0.15) is 13.2 Å². The van der Waals surface area contributed by atoms with Crippen LogP contribution in [0, 0.1) is 40.7 Å². The Morgan fingerprint density at radius 3 is 1.71 bits per heavy atom. The first-order valence-corrected chi connectivity index (χ1v) is 13.0. The van der Waals surface area contributed by atoms with Gasteiger partial charge in [0.2, 0.25) is 0 Å². The number of halogens is 10. The second kappa shape index (κ2) is 13.4. The van der Waals surface area contributed by atoms with Crippen LogP contribution in [0.25, 0.3) is 28.3 Å². The lowest BCUT2D eigenvalue weighted by Crippen LogP contribution is -2.11. The number of rotatable bonds is 8. The number of carbonyl (C=O) groups is 1. The highest BCUT2D eigenvalue weighted by atomic mass is 19.4. The molecule has 0 aliphatic heterocycles. The van der Waals surface area contributed by atoms with Crippen LogP contribution in [-0.4, -0.2) is 12.1 Å². The van der Waals surface area contributed by atoms with E-state index in [0.717, 1.165) is 12.1 Å². The summed E-state index contributed by atoms with van der Waals surface area (Å²) in [6.07, 6.45) is -0.371. The summed E-state index contributed by atoms with van der Waals surface area (Å²) < 4.78 is 145. The number of allylic oxidation sites excluding steroid dienone is 3. The molecule has 0 fully saturated rings. The van der Waals surface area contributed by atoms with Crippen LogP contribution in [0.2, 0.25) is 0 Å². The fraction of sp³-hybridized carbons (Fsp3) is 0.121. The van der Waals surface area contributed by atoms with Gasteiger partial charge in [0, 0.05) is 23.8 Å². The highest BCUT2D eigenvalue weighted by Gasteiger charge is 2.25. The zero-order chi connectivity index (χ0) is 33.1. The Bertz CT molecular complexity index is 1750. The van der Waals surface area contributed by atoms with Gasteiger partial charge in [-0.3, -0.25) is 0 Å². The second-order valence-electron chi connectivity index (χ2n) is 9.62. The number of carbonyl (C=O) groups excluding carboxylic acids is 1. The van der Waals surface area contributed by atoms with Crippen molar-refractivity contribution >= 4 is 12.0 Å². The molecule has 0 atom stereocenters. The first-order chi connectivity index (χ1) is 21.2. The van der Waals surface area contributed by atoms with E-state index in [1.165, 1.54) is 6.07 Å². The minimum absolute atomic E-state index is 0.108. The number of ether oxygens (including phenoxy) is 1. The third-order valence-electron chi connectivity index (χ3n) is 6.45. The maximum Gasteiger partial charge on any atom is 0.409 e. The molecule has 0 radical (unpaired) electrons. The summed E-state index contributed by atoms with van der Waals surface area (Å²) in [7, 11) is 0. The molecule has 0 aliphatic carbocycles. The largest absolute Gasteiger partial charge is 0.423 e. The lowest BCUT2D eigenvalue weighted by molar-refractivity contribution is -0.0790. The van der Waals surface area contributed by atoms with Crippen LogP contribution < -0.4 is 4.74 Å². The Morgan fingerprint density at radius 1 is 0.711 bits per heavy atom. The first kappa shape index (κ1) is 33.0. The van der Waals surface area contributed by atoms with Crippen LogP contribution in [0.5, 0.6) is 5.75 Å². The number of alkyl halides is 3. The van der Waals surface area contributed by atoms with Gasteiger partial charge >= 0.3 is 12.1 Å². The normalized spacial score (nSPS) is 12.0. The van der Waals surface area contributed by atoms with Crippen molar-refractivity contribution < 1.29 is 53.4 Å². The molecule has 0 saturated carbocycles. The molecule has 0 spiro atoms. The standard InChI is InChI=1S/C33H20F10O2/c1-2-3-4-5-17-6-7-22(23(34)10-17)32(44)45-20-15-28(39)31(29(40)16-20)19-13-26(37)30(27(38)14-19)18-11-24(35)21(25(36)12-18)8-9-33(41,42)43/h2-3,6-16H,4-5H2,1H3. The van der Waals surface area contributed by atoms with Gasteiger partial charge in [0.25, 0.3) is 0 Å². The number of esters is 1. The molecule has 2 nitrogen and oxygen atoms in total. The van der Waals surface area contributed by atoms with E-state index in [-0.39, 0.29) is 6.08 Å². The molecule has 4 rings (SSSR count). The summed E-state index contributed by atoms with van der Waals surface area (Å²) in [5.74, 6) is -11.9. The van der Waals surface area contributed by atoms with E-state index in [4.69, 9.17) is 4.74 Å². The molecule has 0 saturated heterocycles. The van der Waals surface area contributed by atoms with Crippen molar-refractivity contribution in [3.63, 3.8) is 0 Å². The summed E-state index contributed by atoms with van der Waals surface area (Å²) >= 11 is 0. The Balaban J connectivity index is 1.60. The van der Waals surface area contributed by atoms with Crippen molar-refractivity contribution in [2.75, 3.05) is 0 Å². The van der Waals surface area contributed by atoms with Gasteiger partial charge < -0.3 is 4.74 Å². The Hall–Kier alpha value is -4.87. The van der Waals surface area contributed by atoms with Crippen molar-refractivity contribution in [2.24, 2.45) is 0 Å². The van der Waals surface area contributed by atoms with Gasteiger partial charge in [-0.1, -0.05) is 18.2 Å². The van der Waals surface area contributed by atoms with Crippen molar-refractivity contribution in [1.82, 2.24) is 0 Å². The van der Waals surface area contributed by atoms with Crippen LogP contribution in [-0.2, 0) is 6.42 Å². The Labute approximate surface area is 249 Å². The van der Waals surface area contributed by atoms with Crippen LogP contribution in [0.4, 0.5) is 43.9 Å². The van der Waals surface area contributed by atoms with Crippen molar-refractivity contribution in [3.05, 3.63) is 130 Å². The van der Waals surface area contributed by atoms with E-state index in [0.29, 0.717) is 54.8 Å². The topological polar surface area (TPSA) is 26.3 Å². The summed E-state index contributed by atoms with van der Waals surface area (Å²) in [4.78, 5) is 12.5. The molecule has 234 valence electrons. The lowest BCUT2D eigenvalue weighted by Gasteiger charge is -2.13. The molecular formula is C33H20F10O2. The minimum atomic E-state index is -4.88. The molecule has 0 unspecified atom stereocenters. The minimum Gasteiger partial charge on any atom is -0.423 e. The highest BCUT2D eigenvalue weighted by molar-refractivity contribution is 5.91. The van der Waals surface area contributed by atoms with Gasteiger partial charge in [-0.05, 0) is 78.9 Å². The third-order valence-corrected chi connectivity index (χ3v) is 6.45. The predicted molar refractivity (Wildman–Crippen MR) is 147 cm³/mol. The molecule has 4 aromatic carbocycles. The SMILES string of the molecule is CC=CCCc1ccc(C(=O)Oc2cc(F)c(-c3cc(F)c(-c4cc(F)c(C=CC(F)(F)F)c(F)c4)c(F)c3)c(F)c2)c(F)c1. The summed E-state index contributed by atoms with van der Waals surface area (Å²) in [6, 6.07) is 6.54. The molecule has 0 N–H and O–H groups in total. The van der Waals surface area contributed by atoms with Crippen LogP contribution in [0.3, 0.4) is 0 Å². The van der Waals surface area contributed by atoms with E-state index in [9.17, 15) is 39.9 Å². The Kier molecular flexibility index (Phi) is 9.84. The van der Waals surface area contributed by atoms with Crippen LogP contribution in [0.1, 0.15) is 34.8 Å². The quantitative estimate of drug-likeness (QED) is 0.0831. The molecule has 0 aliphatic rings. The van der Waals surface area contributed by atoms with Gasteiger partial charge in [0.05, 0.1) is 16.7 Å². The smallest absolute Gasteiger partial charge is 0.409 e. The van der Waals surface area contributed by atoms with Crippen LogP contribution >= 0.6 is 0 Å². The maximum absolute atomic E-state index is 15.0. The molecular weight excluding hydrogens is 618 g/mol. The van der Waals surface area contributed by atoms with Gasteiger partial charge in [0.1, 0.15) is 46.5 Å². The maximum atomic E-state index is 15.0. The van der Waals surface area contributed by atoms with E-state index >= 15 is 8.78 Å². The van der Waals surface area contributed by atoms with Crippen molar-refractivity contribution in [1.29, 1.82) is 0 Å². The number of benzene rings is 4.